The van der Waals surface area contributed by atoms with Crippen LogP contribution in [0, 0.1) is 6.92 Å². The molecule has 100 valence electrons. The minimum absolute atomic E-state index is 0.369. The van der Waals surface area contributed by atoms with Crippen LogP contribution in [-0.4, -0.2) is 30.6 Å². The number of hydrogen-bond acceptors (Lipinski definition) is 3. The number of benzene rings is 1. The van der Waals surface area contributed by atoms with Crippen molar-refractivity contribution in [1.82, 2.24) is 0 Å². The Balaban J connectivity index is 2.19. The van der Waals surface area contributed by atoms with Crippen LogP contribution in [-0.2, 0) is 0 Å². The molecule has 0 aliphatic heterocycles. The minimum Gasteiger partial charge on any atom is -0.369 e. The monoisotopic (exact) mass is 264 g/mol. The lowest BCUT2D eigenvalue weighted by molar-refractivity contribution is 0.304. The van der Waals surface area contributed by atoms with Gasteiger partial charge in [-0.15, -0.1) is 0 Å². The molecule has 2 nitrogen and oxygen atoms in total. The van der Waals surface area contributed by atoms with Gasteiger partial charge in [-0.05, 0) is 38.2 Å². The van der Waals surface area contributed by atoms with Gasteiger partial charge in [0.2, 0.25) is 0 Å². The fourth-order valence-corrected chi connectivity index (χ4v) is 4.11. The third-order valence-corrected chi connectivity index (χ3v) is 5.84. The lowest BCUT2D eigenvalue weighted by Gasteiger charge is -2.50. The normalized spacial score (nSPS) is 19.1. The Morgan fingerprint density at radius 2 is 1.94 bits per heavy atom. The summed E-state index contributed by atoms with van der Waals surface area (Å²) >= 11 is 2.00. The van der Waals surface area contributed by atoms with Crippen molar-refractivity contribution in [2.45, 2.75) is 37.0 Å². The maximum Gasteiger partial charge on any atom is 0.0555 e. The molecule has 1 unspecified atom stereocenters. The highest BCUT2D eigenvalue weighted by Gasteiger charge is 2.44. The van der Waals surface area contributed by atoms with E-state index in [0.717, 1.165) is 6.54 Å². The molecule has 0 amide bonds. The topological polar surface area (TPSA) is 29.3 Å². The van der Waals surface area contributed by atoms with Crippen molar-refractivity contribution in [1.29, 1.82) is 0 Å². The van der Waals surface area contributed by atoms with Gasteiger partial charge in [0.15, 0.2) is 0 Å². The summed E-state index contributed by atoms with van der Waals surface area (Å²) in [5.41, 5.74) is 8.64. The molecule has 0 bridgehead atoms. The summed E-state index contributed by atoms with van der Waals surface area (Å²) in [6.07, 6.45) is 6.17. The van der Waals surface area contributed by atoms with Crippen molar-refractivity contribution in [3.8, 4) is 0 Å². The van der Waals surface area contributed by atoms with Crippen LogP contribution >= 0.6 is 11.8 Å². The largest absolute Gasteiger partial charge is 0.369 e. The molecule has 3 heteroatoms. The average Bonchev–Trinajstić information content (AvgIpc) is 2.34. The van der Waals surface area contributed by atoms with Crippen molar-refractivity contribution in [3.63, 3.8) is 0 Å². The first-order valence-corrected chi connectivity index (χ1v) is 7.90. The van der Waals surface area contributed by atoms with Gasteiger partial charge in [-0.25, -0.2) is 0 Å². The molecule has 1 atom stereocenters. The fraction of sp³-hybridized carbons (Fsp3) is 0.600. The molecule has 0 aromatic heterocycles. The predicted octanol–water partition coefficient (Wildman–Crippen LogP) is 3.04. The molecule has 0 radical (unpaired) electrons. The summed E-state index contributed by atoms with van der Waals surface area (Å²) in [6, 6.07) is 9.18. The molecule has 18 heavy (non-hydrogen) atoms. The lowest BCUT2D eigenvalue weighted by Crippen LogP contribution is -2.57. The van der Waals surface area contributed by atoms with Gasteiger partial charge in [0.25, 0.3) is 0 Å². The number of nitrogens with zero attached hydrogens (tertiary/aromatic N) is 1. The van der Waals surface area contributed by atoms with Crippen molar-refractivity contribution >= 4 is 17.4 Å². The van der Waals surface area contributed by atoms with Crippen molar-refractivity contribution in [3.05, 3.63) is 29.8 Å². The number of aryl methyl sites for hydroxylation is 1. The third-order valence-electron chi connectivity index (χ3n) is 4.35. The number of anilines is 1. The molecule has 1 saturated carbocycles. The van der Waals surface area contributed by atoms with Crippen LogP contribution in [0.3, 0.4) is 0 Å². The number of hydrogen-bond donors (Lipinski definition) is 1. The number of nitrogens with two attached hydrogens (primary N) is 1. The summed E-state index contributed by atoms with van der Waals surface area (Å²) in [5, 5.41) is 0. The smallest absolute Gasteiger partial charge is 0.0555 e. The lowest BCUT2D eigenvalue weighted by atomic mass is 9.77. The van der Waals surface area contributed by atoms with Crippen LogP contribution in [0.15, 0.2) is 24.3 Å². The maximum absolute atomic E-state index is 6.06. The van der Waals surface area contributed by atoms with Gasteiger partial charge < -0.3 is 10.6 Å². The molecule has 1 aromatic carbocycles. The second kappa shape index (κ2) is 5.54. The van der Waals surface area contributed by atoms with Gasteiger partial charge >= 0.3 is 0 Å². The summed E-state index contributed by atoms with van der Waals surface area (Å²) < 4.78 is 0.369. The van der Waals surface area contributed by atoms with Crippen LogP contribution in [0.4, 0.5) is 5.69 Å². The van der Waals surface area contributed by atoms with Gasteiger partial charge in [-0.3, -0.25) is 0 Å². The Labute approximate surface area is 115 Å². The molecule has 1 fully saturated rings. The number of rotatable bonds is 5. The van der Waals surface area contributed by atoms with Gasteiger partial charge in [-0.1, -0.05) is 24.1 Å². The summed E-state index contributed by atoms with van der Waals surface area (Å²) in [7, 11) is 2.18. The Kier molecular flexibility index (Phi) is 4.23. The van der Waals surface area contributed by atoms with Gasteiger partial charge in [0.1, 0.15) is 0 Å². The molecular weight excluding hydrogens is 240 g/mol. The molecule has 2 N–H and O–H groups in total. The van der Waals surface area contributed by atoms with Crippen LogP contribution in [0.1, 0.15) is 24.8 Å². The highest BCUT2D eigenvalue weighted by molar-refractivity contribution is 8.00. The summed E-state index contributed by atoms with van der Waals surface area (Å²) in [6.45, 7) is 2.85. The molecule has 1 aromatic rings. The molecule has 0 spiro atoms. The van der Waals surface area contributed by atoms with E-state index in [1.54, 1.807) is 0 Å². The SMILES string of the molecule is CSC1(C(CN)N(C)c2ccc(C)cc2)CCC1. The van der Waals surface area contributed by atoms with E-state index in [0.29, 0.717) is 10.8 Å². The van der Waals surface area contributed by atoms with Crippen LogP contribution < -0.4 is 10.6 Å². The van der Waals surface area contributed by atoms with Gasteiger partial charge in [-0.2, -0.15) is 11.8 Å². The van der Waals surface area contributed by atoms with E-state index in [9.17, 15) is 0 Å². The highest BCUT2D eigenvalue weighted by atomic mass is 32.2. The van der Waals surface area contributed by atoms with Crippen LogP contribution in [0.2, 0.25) is 0 Å². The summed E-state index contributed by atoms with van der Waals surface area (Å²) in [4.78, 5) is 2.37. The van der Waals surface area contributed by atoms with Crippen LogP contribution in [0.25, 0.3) is 0 Å². The van der Waals surface area contributed by atoms with Crippen molar-refractivity contribution in [2.24, 2.45) is 5.73 Å². The molecular formula is C15H24N2S. The third kappa shape index (κ3) is 2.39. The van der Waals surface area contributed by atoms with E-state index < -0.39 is 0 Å². The first kappa shape index (κ1) is 13.8. The highest BCUT2D eigenvalue weighted by Crippen LogP contribution is 2.47. The van der Waals surface area contributed by atoms with Crippen molar-refractivity contribution in [2.75, 3.05) is 24.7 Å². The van der Waals surface area contributed by atoms with E-state index in [-0.39, 0.29) is 0 Å². The Morgan fingerprint density at radius 3 is 2.33 bits per heavy atom. The standard InChI is InChI=1S/C15H24N2S/c1-12-5-7-13(8-6-12)17(2)14(11-16)15(18-3)9-4-10-15/h5-8,14H,4,9-11,16H2,1-3H3. The second-order valence-electron chi connectivity index (χ2n) is 5.32. The number of likely N-dealkylation sites (N-methyl/N-ethyl adjacent to an activating group) is 1. The minimum atomic E-state index is 0.369. The Bertz CT molecular complexity index is 378. The fourth-order valence-electron chi connectivity index (χ4n) is 2.88. The zero-order valence-electron chi connectivity index (χ0n) is 11.6. The Hall–Kier alpha value is -0.670. The molecule has 0 saturated heterocycles. The first-order chi connectivity index (χ1) is 8.63. The maximum atomic E-state index is 6.06. The molecule has 1 aliphatic carbocycles. The Morgan fingerprint density at radius 1 is 1.33 bits per heavy atom. The van der Waals surface area contributed by atoms with Gasteiger partial charge in [0, 0.05) is 24.0 Å². The first-order valence-electron chi connectivity index (χ1n) is 6.68. The van der Waals surface area contributed by atoms with E-state index in [1.807, 2.05) is 11.8 Å². The zero-order chi connectivity index (χ0) is 13.2. The van der Waals surface area contributed by atoms with E-state index in [2.05, 4.69) is 49.4 Å². The van der Waals surface area contributed by atoms with Gasteiger partial charge in [0.05, 0.1) is 6.04 Å². The van der Waals surface area contributed by atoms with E-state index >= 15 is 0 Å². The quantitative estimate of drug-likeness (QED) is 0.886. The van der Waals surface area contributed by atoms with Crippen molar-refractivity contribution < 1.29 is 0 Å². The predicted molar refractivity (Wildman–Crippen MR) is 82.5 cm³/mol. The summed E-state index contributed by atoms with van der Waals surface area (Å²) in [5.74, 6) is 0. The van der Waals surface area contributed by atoms with Crippen LogP contribution in [0.5, 0.6) is 0 Å². The zero-order valence-corrected chi connectivity index (χ0v) is 12.5. The van der Waals surface area contributed by atoms with E-state index in [1.165, 1.54) is 30.5 Å². The average molecular weight is 264 g/mol. The molecule has 1 aliphatic rings. The van der Waals surface area contributed by atoms with E-state index in [4.69, 9.17) is 5.73 Å². The molecule has 0 heterocycles. The molecule has 2 rings (SSSR count). The number of thioether (sulfide) groups is 1. The second-order valence-corrected chi connectivity index (χ2v) is 6.54.